The Morgan fingerprint density at radius 2 is 1.88 bits per heavy atom. The third-order valence-electron chi connectivity index (χ3n) is 2.85. The molecular weight excluding hydrogens is 327 g/mol. The molecule has 0 fully saturated rings. The molecule has 0 saturated heterocycles. The van der Waals surface area contributed by atoms with Crippen LogP contribution in [-0.2, 0) is 14.1 Å². The molecule has 0 aliphatic heterocycles. The molecule has 0 amide bonds. The van der Waals surface area contributed by atoms with Crippen LogP contribution >= 0.6 is 0 Å². The Morgan fingerprint density at radius 3 is 2.53 bits per heavy atom. The van der Waals surface area contributed by atoms with Crippen molar-refractivity contribution in [3.05, 3.63) is 42.9 Å². The van der Waals surface area contributed by atoms with Crippen LogP contribution in [0.25, 0.3) is 17.0 Å². The highest BCUT2D eigenvalue weighted by Gasteiger charge is 2.17. The Bertz CT molecular complexity index is 639. The molecule has 88 valence electrons. The van der Waals surface area contributed by atoms with E-state index in [2.05, 4.69) is 28.8 Å². The predicted molar refractivity (Wildman–Crippen MR) is 60.8 cm³/mol. The lowest BCUT2D eigenvalue weighted by Gasteiger charge is -1.98. The summed E-state index contributed by atoms with van der Waals surface area (Å²) in [5.74, 6) is 1.07. The Kier molecular flexibility index (Phi) is 3.19. The number of nitrogens with zero attached hydrogens (tertiary/aromatic N) is 4. The fraction of sp³-hybridized carbons (Fsp3) is 0.167. The summed E-state index contributed by atoms with van der Waals surface area (Å²) in [6.07, 6.45) is 3.86. The maximum absolute atomic E-state index is 4.28. The van der Waals surface area contributed by atoms with Gasteiger partial charge in [0, 0.05) is 12.6 Å². The van der Waals surface area contributed by atoms with Gasteiger partial charge in [0.2, 0.25) is 6.33 Å². The van der Waals surface area contributed by atoms with E-state index in [0.29, 0.717) is 0 Å². The van der Waals surface area contributed by atoms with E-state index in [1.54, 1.807) is 0 Å². The molecule has 2 aromatic heterocycles. The van der Waals surface area contributed by atoms with Gasteiger partial charge in [0.25, 0.3) is 0 Å². The van der Waals surface area contributed by atoms with E-state index in [1.807, 2.05) is 46.9 Å². The molecule has 2 heterocycles. The Balaban J connectivity index is 0.00000108. The van der Waals surface area contributed by atoms with Crippen LogP contribution in [0.15, 0.2) is 42.9 Å². The molecule has 0 spiro atoms. The summed E-state index contributed by atoms with van der Waals surface area (Å²) in [6, 6.07) is 10.3. The molecule has 3 aromatic rings. The van der Waals surface area contributed by atoms with Crippen molar-refractivity contribution >= 4 is 5.78 Å². The summed E-state index contributed by atoms with van der Waals surface area (Å²) >= 11 is 0. The van der Waals surface area contributed by atoms with Crippen molar-refractivity contribution in [3.63, 3.8) is 0 Å². The van der Waals surface area contributed by atoms with Gasteiger partial charge in [-0.1, -0.05) is 34.8 Å². The van der Waals surface area contributed by atoms with E-state index in [4.69, 9.17) is 0 Å². The molecule has 4 nitrogen and oxygen atoms in total. The number of imidazole rings is 1. The monoisotopic (exact) mass is 340 g/mol. The number of halogens is 1. The van der Waals surface area contributed by atoms with Crippen molar-refractivity contribution in [1.82, 2.24) is 14.2 Å². The molecule has 0 N–H and O–H groups in total. The third-order valence-corrected chi connectivity index (χ3v) is 2.85. The minimum absolute atomic E-state index is 0. The molecule has 0 bridgehead atoms. The quantitative estimate of drug-likeness (QED) is 0.378. The van der Waals surface area contributed by atoms with Gasteiger partial charge in [-0.15, -0.1) is 0 Å². The second-order valence-electron chi connectivity index (χ2n) is 3.93. The minimum atomic E-state index is 0. The highest BCUT2D eigenvalue weighted by Crippen LogP contribution is 2.19. The summed E-state index contributed by atoms with van der Waals surface area (Å²) < 4.78 is 6.04. The van der Waals surface area contributed by atoms with Gasteiger partial charge >= 0.3 is 5.78 Å². The first-order valence-electron chi connectivity index (χ1n) is 5.21. The first kappa shape index (κ1) is 12.1. The number of hydrogen-bond donors (Lipinski definition) is 0. The number of rotatable bonds is 1. The summed E-state index contributed by atoms with van der Waals surface area (Å²) in [5, 5.41) is 4.28. The number of hydrogen-bond acceptors (Lipinski definition) is 1. The topological polar surface area (TPSA) is 26.1 Å². The first-order chi connectivity index (χ1) is 7.77. The van der Waals surface area contributed by atoms with Crippen LogP contribution in [0.3, 0.4) is 0 Å². The summed E-state index contributed by atoms with van der Waals surface area (Å²) in [4.78, 5) is 0. The van der Waals surface area contributed by atoms with Gasteiger partial charge in [-0.3, -0.25) is 0 Å². The summed E-state index contributed by atoms with van der Waals surface area (Å²) in [5.41, 5.74) is 2.37. The smallest absolute Gasteiger partial charge is 0.356 e. The lowest BCUT2D eigenvalue weighted by molar-refractivity contribution is -0.648. The normalized spacial score (nSPS) is 10.5. The lowest BCUT2D eigenvalue weighted by Crippen LogP contribution is -3.00. The molecule has 0 saturated carbocycles. The van der Waals surface area contributed by atoms with Gasteiger partial charge in [-0.25, -0.2) is 9.13 Å². The van der Waals surface area contributed by atoms with Crippen LogP contribution in [0.5, 0.6) is 0 Å². The van der Waals surface area contributed by atoms with Crippen molar-refractivity contribution in [3.8, 4) is 11.3 Å². The fourth-order valence-electron chi connectivity index (χ4n) is 2.07. The zero-order valence-corrected chi connectivity index (χ0v) is 11.9. The van der Waals surface area contributed by atoms with Gasteiger partial charge in [0.05, 0.1) is 7.05 Å². The molecular formula is C12H13IN4. The van der Waals surface area contributed by atoms with Crippen LogP contribution in [0.4, 0.5) is 0 Å². The Hall–Kier alpha value is -1.37. The molecule has 0 aliphatic carbocycles. The summed E-state index contributed by atoms with van der Waals surface area (Å²) in [7, 11) is 4.05. The van der Waals surface area contributed by atoms with E-state index in [-0.39, 0.29) is 24.0 Å². The molecule has 0 aliphatic rings. The average molecular weight is 340 g/mol. The number of aryl methyl sites for hydroxylation is 2. The van der Waals surface area contributed by atoms with E-state index in [9.17, 15) is 0 Å². The van der Waals surface area contributed by atoms with E-state index < -0.39 is 0 Å². The van der Waals surface area contributed by atoms with Crippen molar-refractivity contribution in [2.45, 2.75) is 0 Å². The van der Waals surface area contributed by atoms with E-state index in [1.165, 1.54) is 11.3 Å². The SMILES string of the molecule is Cn1c(-c2ccccc2)cn2nc[n+](C)c12.[I-]. The van der Waals surface area contributed by atoms with Crippen molar-refractivity contribution < 1.29 is 28.5 Å². The van der Waals surface area contributed by atoms with Crippen LogP contribution < -0.4 is 28.5 Å². The lowest BCUT2D eigenvalue weighted by atomic mass is 10.2. The van der Waals surface area contributed by atoms with E-state index in [0.717, 1.165) is 5.78 Å². The number of fused-ring (bicyclic) bond motifs is 1. The predicted octanol–water partition coefficient (Wildman–Crippen LogP) is -1.83. The first-order valence-corrected chi connectivity index (χ1v) is 5.21. The summed E-state index contributed by atoms with van der Waals surface area (Å²) in [6.45, 7) is 0. The highest BCUT2D eigenvalue weighted by atomic mass is 127. The maximum atomic E-state index is 4.28. The molecule has 1 aromatic carbocycles. The molecule has 0 atom stereocenters. The van der Waals surface area contributed by atoms with Gasteiger partial charge in [0.15, 0.2) is 0 Å². The van der Waals surface area contributed by atoms with Crippen molar-refractivity contribution in [1.29, 1.82) is 0 Å². The zero-order valence-electron chi connectivity index (χ0n) is 9.71. The van der Waals surface area contributed by atoms with Crippen molar-refractivity contribution in [2.24, 2.45) is 14.1 Å². The largest absolute Gasteiger partial charge is 1.00 e. The van der Waals surface area contributed by atoms with Crippen LogP contribution in [0.1, 0.15) is 0 Å². The van der Waals surface area contributed by atoms with Crippen LogP contribution in [-0.4, -0.2) is 14.2 Å². The van der Waals surface area contributed by atoms with Gasteiger partial charge < -0.3 is 24.0 Å². The minimum Gasteiger partial charge on any atom is -1.00 e. The second-order valence-corrected chi connectivity index (χ2v) is 3.93. The Morgan fingerprint density at radius 1 is 1.18 bits per heavy atom. The van der Waals surface area contributed by atoms with Crippen LogP contribution in [0, 0.1) is 0 Å². The average Bonchev–Trinajstić information content (AvgIpc) is 2.83. The molecule has 0 unspecified atom stereocenters. The molecule has 0 radical (unpaired) electrons. The standard InChI is InChI=1S/C12H13N4.HI/c1-14-9-13-16-8-11(15(2)12(14)16)10-6-4-3-5-7-10;/h3-9H,1-2H3;1H/q+1;/p-1. The number of benzene rings is 1. The molecule has 5 heteroatoms. The van der Waals surface area contributed by atoms with Gasteiger partial charge in [0.1, 0.15) is 11.9 Å². The van der Waals surface area contributed by atoms with E-state index >= 15 is 0 Å². The molecule has 3 rings (SSSR count). The third kappa shape index (κ3) is 1.84. The molecule has 17 heavy (non-hydrogen) atoms. The van der Waals surface area contributed by atoms with Gasteiger partial charge in [-0.05, 0) is 5.10 Å². The highest BCUT2D eigenvalue weighted by molar-refractivity contribution is 5.61. The van der Waals surface area contributed by atoms with Crippen LogP contribution in [0.2, 0.25) is 0 Å². The second kappa shape index (κ2) is 4.48. The van der Waals surface area contributed by atoms with Crippen molar-refractivity contribution in [2.75, 3.05) is 0 Å². The zero-order chi connectivity index (χ0) is 11.1. The van der Waals surface area contributed by atoms with Gasteiger partial charge in [-0.2, -0.15) is 0 Å². The fourth-order valence-corrected chi connectivity index (χ4v) is 2.07. The Labute approximate surface area is 117 Å². The maximum Gasteiger partial charge on any atom is 0.356 e. The number of aromatic nitrogens is 4.